The molecule has 2 heterocycles. The van der Waals surface area contributed by atoms with Crippen LogP contribution >= 0.6 is 0 Å². The Morgan fingerprint density at radius 1 is 1.44 bits per heavy atom. The third-order valence-corrected chi connectivity index (χ3v) is 2.94. The molecule has 0 radical (unpaired) electrons. The van der Waals surface area contributed by atoms with E-state index in [-0.39, 0.29) is 6.04 Å². The van der Waals surface area contributed by atoms with E-state index in [0.717, 1.165) is 30.6 Å². The van der Waals surface area contributed by atoms with Gasteiger partial charge in [-0.1, -0.05) is 19.4 Å². The largest absolute Gasteiger partial charge is 0.327 e. The molecule has 0 amide bonds. The molecule has 0 saturated heterocycles. The smallest absolute Gasteiger partial charge is 0.137 e. The zero-order valence-electron chi connectivity index (χ0n) is 9.98. The van der Waals surface area contributed by atoms with Gasteiger partial charge >= 0.3 is 0 Å². The summed E-state index contributed by atoms with van der Waals surface area (Å²) < 4.78 is 2.14. The number of hydrogen-bond acceptors (Lipinski definition) is 2. The second-order valence-corrected chi connectivity index (χ2v) is 4.33. The van der Waals surface area contributed by atoms with Crippen molar-refractivity contribution in [1.82, 2.24) is 9.38 Å². The highest BCUT2D eigenvalue weighted by molar-refractivity contribution is 5.42. The third kappa shape index (κ3) is 2.09. The summed E-state index contributed by atoms with van der Waals surface area (Å²) in [5.41, 5.74) is 9.45. The molecule has 0 aliphatic rings. The first-order valence-corrected chi connectivity index (χ1v) is 5.90. The van der Waals surface area contributed by atoms with Crippen LogP contribution in [0.2, 0.25) is 0 Å². The molecular formula is C13H19N3. The molecule has 2 aromatic heterocycles. The van der Waals surface area contributed by atoms with Gasteiger partial charge in [-0.05, 0) is 25.5 Å². The zero-order valence-corrected chi connectivity index (χ0v) is 9.98. The van der Waals surface area contributed by atoms with E-state index in [1.807, 2.05) is 18.2 Å². The van der Waals surface area contributed by atoms with E-state index < -0.39 is 0 Å². The Morgan fingerprint density at radius 3 is 3.00 bits per heavy atom. The van der Waals surface area contributed by atoms with E-state index in [1.165, 1.54) is 5.69 Å². The molecule has 3 heteroatoms. The number of nitrogens with two attached hydrogens (primary N) is 1. The molecule has 2 aromatic rings. The van der Waals surface area contributed by atoms with Crippen LogP contribution < -0.4 is 5.73 Å². The summed E-state index contributed by atoms with van der Waals surface area (Å²) >= 11 is 0. The Kier molecular flexibility index (Phi) is 3.25. The van der Waals surface area contributed by atoms with Crippen molar-refractivity contribution in [1.29, 1.82) is 0 Å². The van der Waals surface area contributed by atoms with Crippen molar-refractivity contribution in [3.63, 3.8) is 0 Å². The predicted octanol–water partition coefficient (Wildman–Crippen LogP) is 2.31. The van der Waals surface area contributed by atoms with E-state index >= 15 is 0 Å². The van der Waals surface area contributed by atoms with Crippen LogP contribution in [0.25, 0.3) is 5.65 Å². The lowest BCUT2D eigenvalue weighted by molar-refractivity contribution is 0.590. The standard InChI is InChI=1S/C13H19N3/c1-3-6-11(14)9-12-10(2)15-13-7-4-5-8-16(12)13/h4-5,7-8,11H,3,6,9,14H2,1-2H3. The van der Waals surface area contributed by atoms with Crippen LogP contribution in [0.4, 0.5) is 0 Å². The number of nitrogens with zero attached hydrogens (tertiary/aromatic N) is 2. The summed E-state index contributed by atoms with van der Waals surface area (Å²) in [5, 5.41) is 0. The number of hydrogen-bond donors (Lipinski definition) is 1. The maximum absolute atomic E-state index is 6.09. The molecule has 16 heavy (non-hydrogen) atoms. The fourth-order valence-corrected chi connectivity index (χ4v) is 2.13. The summed E-state index contributed by atoms with van der Waals surface area (Å²) in [6.45, 7) is 4.22. The quantitative estimate of drug-likeness (QED) is 0.854. The summed E-state index contributed by atoms with van der Waals surface area (Å²) in [7, 11) is 0. The second-order valence-electron chi connectivity index (χ2n) is 4.33. The Morgan fingerprint density at radius 2 is 2.25 bits per heavy atom. The fraction of sp³-hybridized carbons (Fsp3) is 0.462. The molecule has 0 aliphatic heterocycles. The molecule has 0 fully saturated rings. The van der Waals surface area contributed by atoms with Gasteiger partial charge in [-0.15, -0.1) is 0 Å². The third-order valence-electron chi connectivity index (χ3n) is 2.94. The number of imidazole rings is 1. The summed E-state index contributed by atoms with van der Waals surface area (Å²) in [6, 6.07) is 6.31. The van der Waals surface area contributed by atoms with Crippen molar-refractivity contribution in [2.24, 2.45) is 5.73 Å². The van der Waals surface area contributed by atoms with Gasteiger partial charge in [-0.3, -0.25) is 0 Å². The van der Waals surface area contributed by atoms with Gasteiger partial charge in [0, 0.05) is 24.4 Å². The van der Waals surface area contributed by atoms with E-state index in [2.05, 4.69) is 29.4 Å². The zero-order chi connectivity index (χ0) is 11.5. The SMILES string of the molecule is CCCC(N)Cc1c(C)nc2ccccn12. The van der Waals surface area contributed by atoms with Crippen molar-refractivity contribution in [2.45, 2.75) is 39.2 Å². The normalized spacial score (nSPS) is 13.2. The second kappa shape index (κ2) is 4.66. The Labute approximate surface area is 96.3 Å². The first kappa shape index (κ1) is 11.1. The Balaban J connectivity index is 2.32. The molecule has 2 rings (SSSR count). The monoisotopic (exact) mass is 217 g/mol. The average molecular weight is 217 g/mol. The first-order chi connectivity index (χ1) is 7.72. The molecule has 2 N–H and O–H groups in total. The minimum Gasteiger partial charge on any atom is -0.327 e. The summed E-state index contributed by atoms with van der Waals surface area (Å²) in [4.78, 5) is 4.53. The molecule has 0 aromatic carbocycles. The van der Waals surface area contributed by atoms with Crippen LogP contribution in [0.3, 0.4) is 0 Å². The van der Waals surface area contributed by atoms with Gasteiger partial charge in [0.05, 0.1) is 5.69 Å². The van der Waals surface area contributed by atoms with Gasteiger partial charge in [0.1, 0.15) is 5.65 Å². The van der Waals surface area contributed by atoms with Crippen molar-refractivity contribution < 1.29 is 0 Å². The lowest BCUT2D eigenvalue weighted by Gasteiger charge is -2.10. The van der Waals surface area contributed by atoms with Crippen LogP contribution in [-0.2, 0) is 6.42 Å². The van der Waals surface area contributed by atoms with Gasteiger partial charge in [0.15, 0.2) is 0 Å². The molecule has 0 spiro atoms. The number of rotatable bonds is 4. The molecule has 86 valence electrons. The average Bonchev–Trinajstić information content (AvgIpc) is 2.56. The van der Waals surface area contributed by atoms with Crippen molar-refractivity contribution >= 4 is 5.65 Å². The van der Waals surface area contributed by atoms with Crippen LogP contribution in [0.1, 0.15) is 31.2 Å². The molecule has 3 nitrogen and oxygen atoms in total. The molecule has 0 saturated carbocycles. The van der Waals surface area contributed by atoms with E-state index in [1.54, 1.807) is 0 Å². The fourth-order valence-electron chi connectivity index (χ4n) is 2.13. The van der Waals surface area contributed by atoms with Crippen LogP contribution in [-0.4, -0.2) is 15.4 Å². The van der Waals surface area contributed by atoms with Gasteiger partial charge in [-0.2, -0.15) is 0 Å². The number of aryl methyl sites for hydroxylation is 1. The maximum Gasteiger partial charge on any atom is 0.137 e. The van der Waals surface area contributed by atoms with E-state index in [4.69, 9.17) is 5.73 Å². The molecule has 1 atom stereocenters. The highest BCUT2D eigenvalue weighted by atomic mass is 15.0. The van der Waals surface area contributed by atoms with Crippen LogP contribution in [0, 0.1) is 6.92 Å². The van der Waals surface area contributed by atoms with Crippen molar-refractivity contribution in [3.05, 3.63) is 35.8 Å². The number of fused-ring (bicyclic) bond motifs is 1. The Bertz CT molecular complexity index is 473. The van der Waals surface area contributed by atoms with Gasteiger partial charge in [-0.25, -0.2) is 4.98 Å². The van der Waals surface area contributed by atoms with E-state index in [0.29, 0.717) is 0 Å². The molecule has 1 unspecified atom stereocenters. The van der Waals surface area contributed by atoms with Gasteiger partial charge in [0.25, 0.3) is 0 Å². The van der Waals surface area contributed by atoms with Crippen molar-refractivity contribution in [2.75, 3.05) is 0 Å². The van der Waals surface area contributed by atoms with Gasteiger partial charge in [0.2, 0.25) is 0 Å². The van der Waals surface area contributed by atoms with Crippen LogP contribution in [0.15, 0.2) is 24.4 Å². The lowest BCUT2D eigenvalue weighted by atomic mass is 10.1. The molecular weight excluding hydrogens is 198 g/mol. The predicted molar refractivity (Wildman–Crippen MR) is 66.5 cm³/mol. The van der Waals surface area contributed by atoms with E-state index in [9.17, 15) is 0 Å². The highest BCUT2D eigenvalue weighted by Crippen LogP contribution is 2.14. The summed E-state index contributed by atoms with van der Waals surface area (Å²) in [5.74, 6) is 0. The minimum absolute atomic E-state index is 0.240. The number of aromatic nitrogens is 2. The first-order valence-electron chi connectivity index (χ1n) is 5.90. The molecule has 0 bridgehead atoms. The minimum atomic E-state index is 0.240. The van der Waals surface area contributed by atoms with Crippen LogP contribution in [0.5, 0.6) is 0 Å². The number of pyridine rings is 1. The Hall–Kier alpha value is -1.35. The molecule has 0 aliphatic carbocycles. The maximum atomic E-state index is 6.09. The van der Waals surface area contributed by atoms with Gasteiger partial charge < -0.3 is 10.1 Å². The lowest BCUT2D eigenvalue weighted by Crippen LogP contribution is -2.23. The summed E-state index contributed by atoms with van der Waals surface area (Å²) in [6.07, 6.45) is 5.17. The van der Waals surface area contributed by atoms with Crippen molar-refractivity contribution in [3.8, 4) is 0 Å². The topological polar surface area (TPSA) is 43.3 Å². The highest BCUT2D eigenvalue weighted by Gasteiger charge is 2.11.